The summed E-state index contributed by atoms with van der Waals surface area (Å²) in [5, 5.41) is 18.3. The largest absolute Gasteiger partial charge is 0.490 e. The average molecular weight is 191 g/mol. The molecule has 0 saturated heterocycles. The van der Waals surface area contributed by atoms with Gasteiger partial charge in [-0.25, -0.2) is 4.39 Å². The average Bonchev–Trinajstić information content (AvgIpc) is 2.17. The summed E-state index contributed by atoms with van der Waals surface area (Å²) in [6, 6.07) is 6.02. The van der Waals surface area contributed by atoms with Crippen molar-refractivity contribution in [2.24, 2.45) is 0 Å². The van der Waals surface area contributed by atoms with Crippen molar-refractivity contribution in [3.8, 4) is 0 Å². The van der Waals surface area contributed by atoms with Gasteiger partial charge in [0.1, 0.15) is 11.3 Å². The highest BCUT2D eigenvalue weighted by Crippen LogP contribution is 2.12. The van der Waals surface area contributed by atoms with E-state index in [1.807, 2.05) is 0 Å². The van der Waals surface area contributed by atoms with Gasteiger partial charge in [-0.3, -0.25) is 4.98 Å². The lowest BCUT2D eigenvalue weighted by Crippen LogP contribution is -2.30. The molecule has 1 aromatic carbocycles. The van der Waals surface area contributed by atoms with Gasteiger partial charge in [-0.2, -0.15) is 0 Å². The van der Waals surface area contributed by atoms with Crippen LogP contribution in [0.25, 0.3) is 10.9 Å². The second-order valence-corrected chi connectivity index (χ2v) is 2.95. The van der Waals surface area contributed by atoms with Crippen LogP contribution >= 0.6 is 0 Å². The third-order valence-corrected chi connectivity index (χ3v) is 1.98. The number of rotatable bonds is 1. The van der Waals surface area contributed by atoms with Crippen molar-refractivity contribution in [2.75, 3.05) is 0 Å². The summed E-state index contributed by atoms with van der Waals surface area (Å²) in [4.78, 5) is 3.81. The van der Waals surface area contributed by atoms with Crippen molar-refractivity contribution in [1.29, 1.82) is 0 Å². The third kappa shape index (κ3) is 1.47. The third-order valence-electron chi connectivity index (χ3n) is 1.98. The Kier molecular flexibility index (Phi) is 2.19. The molecule has 0 unspecified atom stereocenters. The maximum absolute atomic E-state index is 13.1. The molecule has 5 heteroatoms. The van der Waals surface area contributed by atoms with E-state index >= 15 is 0 Å². The van der Waals surface area contributed by atoms with Crippen molar-refractivity contribution >= 4 is 23.5 Å². The zero-order chi connectivity index (χ0) is 10.1. The van der Waals surface area contributed by atoms with Crippen LogP contribution in [0.15, 0.2) is 30.5 Å². The molecule has 0 bridgehead atoms. The number of halogens is 1. The van der Waals surface area contributed by atoms with Crippen LogP contribution in [0.2, 0.25) is 0 Å². The zero-order valence-electron chi connectivity index (χ0n) is 7.18. The lowest BCUT2D eigenvalue weighted by atomic mass is 9.81. The fourth-order valence-electron chi connectivity index (χ4n) is 1.28. The highest BCUT2D eigenvalue weighted by Gasteiger charge is 2.12. The van der Waals surface area contributed by atoms with E-state index in [0.29, 0.717) is 5.39 Å². The lowest BCUT2D eigenvalue weighted by Gasteiger charge is -2.01. The number of hydrogen-bond donors (Lipinski definition) is 2. The first-order chi connectivity index (χ1) is 6.68. The number of nitrogens with zero attached hydrogens (tertiary/aromatic N) is 1. The van der Waals surface area contributed by atoms with Gasteiger partial charge in [-0.15, -0.1) is 0 Å². The smallest absolute Gasteiger partial charge is 0.423 e. The van der Waals surface area contributed by atoms with Gasteiger partial charge < -0.3 is 10.0 Å². The molecule has 14 heavy (non-hydrogen) atoms. The van der Waals surface area contributed by atoms with Crippen molar-refractivity contribution in [2.45, 2.75) is 0 Å². The summed E-state index contributed by atoms with van der Waals surface area (Å²) in [5.74, 6) is -0.415. The predicted molar refractivity (Wildman–Crippen MR) is 51.5 cm³/mol. The van der Waals surface area contributed by atoms with Crippen LogP contribution in [0.4, 0.5) is 4.39 Å². The molecule has 2 aromatic rings. The first kappa shape index (κ1) is 9.11. The molecule has 1 aromatic heterocycles. The van der Waals surface area contributed by atoms with E-state index in [9.17, 15) is 4.39 Å². The molecule has 0 fully saturated rings. The molecule has 0 atom stereocenters. The molecule has 0 radical (unpaired) electrons. The predicted octanol–water partition coefficient (Wildman–Crippen LogP) is 0.0537. The maximum Gasteiger partial charge on any atom is 0.490 e. The van der Waals surface area contributed by atoms with Gasteiger partial charge in [0.15, 0.2) is 0 Å². The van der Waals surface area contributed by atoms with Gasteiger partial charge in [0.05, 0.1) is 0 Å². The van der Waals surface area contributed by atoms with Crippen LogP contribution in [0.5, 0.6) is 0 Å². The molecule has 0 spiro atoms. The minimum Gasteiger partial charge on any atom is -0.423 e. The molecule has 0 saturated carbocycles. The Hall–Kier alpha value is -1.46. The van der Waals surface area contributed by atoms with Crippen LogP contribution in [0.3, 0.4) is 0 Å². The molecule has 0 aliphatic heterocycles. The number of aromatic nitrogens is 1. The summed E-state index contributed by atoms with van der Waals surface area (Å²) in [6.45, 7) is 0. The Morgan fingerprint density at radius 3 is 2.79 bits per heavy atom. The van der Waals surface area contributed by atoms with Crippen LogP contribution in [0.1, 0.15) is 0 Å². The summed E-state index contributed by atoms with van der Waals surface area (Å²) in [7, 11) is -1.57. The maximum atomic E-state index is 13.1. The standard InChI is InChI=1S/C9H7BFNO2/c11-8-3-1-2-6-4-7(10(13)14)5-12-9(6)8/h1-5,13-14H. The van der Waals surface area contributed by atoms with E-state index in [1.54, 1.807) is 12.1 Å². The molecule has 0 aliphatic rings. The monoisotopic (exact) mass is 191 g/mol. The number of para-hydroxylation sites is 1. The van der Waals surface area contributed by atoms with Crippen molar-refractivity contribution < 1.29 is 14.4 Å². The van der Waals surface area contributed by atoms with Crippen LogP contribution in [0, 0.1) is 5.82 Å². The van der Waals surface area contributed by atoms with Crippen molar-refractivity contribution in [3.05, 3.63) is 36.3 Å². The number of benzene rings is 1. The highest BCUT2D eigenvalue weighted by molar-refractivity contribution is 6.58. The summed E-state index contributed by atoms with van der Waals surface area (Å²) in [5.41, 5.74) is 0.486. The van der Waals surface area contributed by atoms with Gasteiger partial charge in [0, 0.05) is 17.0 Å². The zero-order valence-corrected chi connectivity index (χ0v) is 7.18. The summed E-state index contributed by atoms with van der Waals surface area (Å²) in [6.07, 6.45) is 1.25. The second-order valence-electron chi connectivity index (χ2n) is 2.95. The Morgan fingerprint density at radius 2 is 2.07 bits per heavy atom. The van der Waals surface area contributed by atoms with E-state index in [0.717, 1.165) is 0 Å². The summed E-state index contributed by atoms with van der Waals surface area (Å²) < 4.78 is 13.1. The Balaban J connectivity index is 2.67. The van der Waals surface area contributed by atoms with Crippen LogP contribution in [-0.2, 0) is 0 Å². The highest BCUT2D eigenvalue weighted by atomic mass is 19.1. The van der Waals surface area contributed by atoms with E-state index < -0.39 is 12.9 Å². The fourth-order valence-corrected chi connectivity index (χ4v) is 1.28. The Morgan fingerprint density at radius 1 is 1.29 bits per heavy atom. The SMILES string of the molecule is OB(O)c1cnc2c(F)cccc2c1. The number of hydrogen-bond acceptors (Lipinski definition) is 3. The molecule has 0 amide bonds. The molecule has 70 valence electrons. The molecule has 2 N–H and O–H groups in total. The molecule has 1 heterocycles. The molecule has 2 rings (SSSR count). The van der Waals surface area contributed by atoms with E-state index in [1.165, 1.54) is 18.3 Å². The van der Waals surface area contributed by atoms with E-state index in [4.69, 9.17) is 10.0 Å². The topological polar surface area (TPSA) is 53.4 Å². The lowest BCUT2D eigenvalue weighted by molar-refractivity contribution is 0.425. The van der Waals surface area contributed by atoms with Gasteiger partial charge in [0.2, 0.25) is 0 Å². The minimum absolute atomic E-state index is 0.233. The Bertz CT molecular complexity index is 475. The van der Waals surface area contributed by atoms with Gasteiger partial charge in [-0.1, -0.05) is 18.2 Å². The van der Waals surface area contributed by atoms with Gasteiger partial charge in [-0.05, 0) is 6.07 Å². The van der Waals surface area contributed by atoms with Crippen molar-refractivity contribution in [3.63, 3.8) is 0 Å². The molecule has 0 aliphatic carbocycles. The number of pyridine rings is 1. The summed E-state index contributed by atoms with van der Waals surface area (Å²) >= 11 is 0. The molecule has 3 nitrogen and oxygen atoms in total. The van der Waals surface area contributed by atoms with E-state index in [2.05, 4.69) is 4.98 Å². The minimum atomic E-state index is -1.57. The first-order valence-electron chi connectivity index (χ1n) is 4.09. The van der Waals surface area contributed by atoms with Crippen molar-refractivity contribution in [1.82, 2.24) is 4.98 Å². The van der Waals surface area contributed by atoms with Gasteiger partial charge >= 0.3 is 7.12 Å². The Labute approximate surface area is 80.0 Å². The fraction of sp³-hybridized carbons (Fsp3) is 0. The molecular weight excluding hydrogens is 184 g/mol. The van der Waals surface area contributed by atoms with Crippen LogP contribution in [-0.4, -0.2) is 22.2 Å². The number of fused-ring (bicyclic) bond motifs is 1. The first-order valence-corrected chi connectivity index (χ1v) is 4.09. The molecular formula is C9H7BFNO2. The van der Waals surface area contributed by atoms with Crippen LogP contribution < -0.4 is 5.46 Å². The van der Waals surface area contributed by atoms with Gasteiger partial charge in [0.25, 0.3) is 0 Å². The second kappa shape index (κ2) is 3.36. The quantitative estimate of drug-likeness (QED) is 0.626. The normalized spacial score (nSPS) is 10.5. The van der Waals surface area contributed by atoms with E-state index in [-0.39, 0.29) is 11.0 Å².